The molecular weight excluding hydrogens is 602 g/mol. The molecule has 14 heteroatoms. The fourth-order valence-electron chi connectivity index (χ4n) is 4.25. The van der Waals surface area contributed by atoms with Gasteiger partial charge in [-0.25, -0.2) is 9.59 Å². The van der Waals surface area contributed by atoms with Crippen LogP contribution in [0.5, 0.6) is 5.75 Å². The van der Waals surface area contributed by atoms with Gasteiger partial charge >= 0.3 is 18.2 Å². The molecule has 2 atom stereocenters. The van der Waals surface area contributed by atoms with E-state index in [1.807, 2.05) is 0 Å². The quantitative estimate of drug-likeness (QED) is 0.0725. The van der Waals surface area contributed by atoms with Crippen molar-refractivity contribution in [2.75, 3.05) is 13.1 Å². The van der Waals surface area contributed by atoms with E-state index in [9.17, 15) is 34.4 Å². The van der Waals surface area contributed by atoms with Crippen LogP contribution in [0.1, 0.15) is 89.9 Å². The maximum absolute atomic E-state index is 11.7. The summed E-state index contributed by atoms with van der Waals surface area (Å²) in [5, 5.41) is 31.1. The number of amides is 1. The molecule has 46 heavy (non-hydrogen) atoms. The first-order valence-corrected chi connectivity index (χ1v) is 15.6. The van der Waals surface area contributed by atoms with E-state index in [1.165, 1.54) is 24.3 Å². The Labute approximate surface area is 269 Å². The van der Waals surface area contributed by atoms with Gasteiger partial charge in [-0.3, -0.25) is 14.9 Å². The molecule has 4 N–H and O–H groups in total. The third kappa shape index (κ3) is 21.3. The highest BCUT2D eigenvalue weighted by Crippen LogP contribution is 2.20. The van der Waals surface area contributed by atoms with Crippen molar-refractivity contribution in [2.45, 2.75) is 102 Å². The third-order valence-electron chi connectivity index (χ3n) is 6.64. The molecule has 0 aromatic heterocycles. The minimum atomic E-state index is -1.02. The summed E-state index contributed by atoms with van der Waals surface area (Å²) < 4.78 is 15.6. The van der Waals surface area contributed by atoms with E-state index in [4.69, 9.17) is 25.1 Å². The van der Waals surface area contributed by atoms with Crippen LogP contribution < -0.4 is 20.9 Å². The number of hydrogen-bond donors (Lipinski definition) is 3. The summed E-state index contributed by atoms with van der Waals surface area (Å²) in [6.07, 6.45) is 17.5. The van der Waals surface area contributed by atoms with E-state index < -0.39 is 29.1 Å². The Hall–Kier alpha value is -4.46. The third-order valence-corrected chi connectivity index (χ3v) is 6.64. The number of rotatable bonds is 11. The standard InChI is InChI=1S/C15H17NO5.C13H21NO4.C4H9NO2/c17-15(20-13-6-4-2-1-3-5-7-13)21-14-10-8-12(9-11-14)16(18)19;15-12(16)9-6-10-14-13(17)18-11-7-4-2-1-3-5-8-11;5-3-1-2-4(6)7/h1-2,8-11,13H,3-7H2;1-2,11H,3-10H2,(H,14,17)(H,15,16);1-3,5H2,(H,6,7)/p-1/b2*2-1+;/t13-;11-;/m00./s1. The van der Waals surface area contributed by atoms with Gasteiger partial charge in [-0.05, 0) is 102 Å². The van der Waals surface area contributed by atoms with Crippen LogP contribution >= 0.6 is 0 Å². The van der Waals surface area contributed by atoms with Crippen LogP contribution in [0.25, 0.3) is 0 Å². The lowest BCUT2D eigenvalue weighted by Gasteiger charge is -2.18. The monoisotopic (exact) mass is 648 g/mol. The van der Waals surface area contributed by atoms with E-state index in [2.05, 4.69) is 29.6 Å². The number of carbonyl (C=O) groups excluding carboxylic acids is 3. The first kappa shape index (κ1) is 39.6. The second kappa shape index (κ2) is 24.8. The van der Waals surface area contributed by atoms with Crippen LogP contribution in [-0.4, -0.2) is 59.5 Å². The normalized spacial score (nSPS) is 18.8. The Bertz CT molecular complexity index is 1120. The van der Waals surface area contributed by atoms with Gasteiger partial charge in [-0.1, -0.05) is 24.3 Å². The fourth-order valence-corrected chi connectivity index (χ4v) is 4.25. The summed E-state index contributed by atoms with van der Waals surface area (Å²) >= 11 is 0. The number of nitrogens with one attached hydrogen (secondary N) is 1. The van der Waals surface area contributed by atoms with Crippen molar-refractivity contribution >= 4 is 29.9 Å². The summed E-state index contributed by atoms with van der Waals surface area (Å²) in [6, 6.07) is 5.31. The van der Waals surface area contributed by atoms with Crippen molar-refractivity contribution in [1.29, 1.82) is 0 Å². The molecule has 256 valence electrons. The Morgan fingerprint density at radius 1 is 0.848 bits per heavy atom. The number of carboxylic acid groups (broad SMARTS) is 2. The van der Waals surface area contributed by atoms with E-state index in [1.54, 1.807) is 0 Å². The summed E-state index contributed by atoms with van der Waals surface area (Å²) in [4.78, 5) is 53.0. The predicted octanol–water partition coefficient (Wildman–Crippen LogP) is 4.94. The van der Waals surface area contributed by atoms with Gasteiger partial charge in [0.25, 0.3) is 5.69 Å². The summed E-state index contributed by atoms with van der Waals surface area (Å²) in [5.74, 6) is -1.64. The number of hydrogen-bond acceptors (Lipinski definition) is 11. The number of aliphatic carboxylic acids is 2. The lowest BCUT2D eigenvalue weighted by atomic mass is 10.0. The molecule has 0 heterocycles. The molecule has 0 unspecified atom stereocenters. The van der Waals surface area contributed by atoms with Crippen molar-refractivity contribution in [1.82, 2.24) is 5.32 Å². The average molecular weight is 649 g/mol. The highest BCUT2D eigenvalue weighted by molar-refractivity contribution is 5.68. The molecule has 14 nitrogen and oxygen atoms in total. The van der Waals surface area contributed by atoms with Crippen LogP contribution in [0.2, 0.25) is 0 Å². The Morgan fingerprint density at radius 2 is 1.41 bits per heavy atom. The van der Waals surface area contributed by atoms with Crippen molar-refractivity contribution in [3.05, 3.63) is 58.7 Å². The van der Waals surface area contributed by atoms with Gasteiger partial charge in [0.05, 0.1) is 4.92 Å². The smallest absolute Gasteiger partial charge is 0.514 e. The first-order valence-electron chi connectivity index (χ1n) is 15.6. The minimum Gasteiger partial charge on any atom is -0.550 e. The van der Waals surface area contributed by atoms with E-state index >= 15 is 0 Å². The highest BCUT2D eigenvalue weighted by atomic mass is 16.7. The molecule has 1 aromatic carbocycles. The lowest BCUT2D eigenvalue weighted by Crippen LogP contribution is -2.30. The van der Waals surface area contributed by atoms with Gasteiger partial charge in [0, 0.05) is 31.1 Å². The lowest BCUT2D eigenvalue weighted by molar-refractivity contribution is -0.384. The van der Waals surface area contributed by atoms with Crippen LogP contribution in [0.4, 0.5) is 15.3 Å². The Morgan fingerprint density at radius 3 is 1.91 bits per heavy atom. The second-order valence-electron chi connectivity index (χ2n) is 10.5. The molecule has 0 saturated carbocycles. The molecular formula is C32H46N3O11-. The van der Waals surface area contributed by atoms with Gasteiger partial charge in [-0.15, -0.1) is 0 Å². The number of allylic oxidation sites excluding steroid dienone is 4. The number of carbonyl (C=O) groups is 4. The van der Waals surface area contributed by atoms with Gasteiger partial charge in [0.2, 0.25) is 0 Å². The molecule has 0 fully saturated rings. The molecule has 0 aliphatic heterocycles. The summed E-state index contributed by atoms with van der Waals surface area (Å²) in [5.41, 5.74) is 4.93. The predicted molar refractivity (Wildman–Crippen MR) is 167 cm³/mol. The maximum atomic E-state index is 11.7. The molecule has 0 saturated heterocycles. The number of nitrogens with zero attached hydrogens (tertiary/aromatic N) is 1. The molecule has 2 aliphatic rings. The first-order chi connectivity index (χ1) is 22.1. The van der Waals surface area contributed by atoms with Crippen molar-refractivity contribution < 1.29 is 48.5 Å². The molecule has 0 radical (unpaired) electrons. The van der Waals surface area contributed by atoms with E-state index in [0.717, 1.165) is 64.2 Å². The summed E-state index contributed by atoms with van der Waals surface area (Å²) in [6.45, 7) is 0.770. The van der Waals surface area contributed by atoms with Gasteiger partial charge < -0.3 is 40.3 Å². The summed E-state index contributed by atoms with van der Waals surface area (Å²) in [7, 11) is 0. The SMILES string of the molecule is NCCCC(=O)[O-].O=C(O)CCCNC(=O)O[C@H]1CC/C=C/CCC1.O=C(Oc1ccc([N+](=O)[O-])cc1)O[C@H]1CC/C=C/CCC1. The molecule has 0 spiro atoms. The zero-order chi connectivity index (χ0) is 34.0. The maximum Gasteiger partial charge on any atom is 0.514 e. The van der Waals surface area contributed by atoms with Crippen LogP contribution in [0, 0.1) is 10.1 Å². The zero-order valence-electron chi connectivity index (χ0n) is 26.1. The van der Waals surface area contributed by atoms with Gasteiger partial charge in [0.15, 0.2) is 0 Å². The van der Waals surface area contributed by atoms with Crippen molar-refractivity contribution in [3.8, 4) is 5.75 Å². The number of ether oxygens (including phenoxy) is 3. The molecule has 2 aliphatic carbocycles. The average Bonchev–Trinajstić information content (AvgIpc) is 2.98. The molecule has 0 bridgehead atoms. The number of alkyl carbamates (subject to hydrolysis) is 1. The van der Waals surface area contributed by atoms with Crippen LogP contribution in [0.15, 0.2) is 48.6 Å². The number of carboxylic acids is 2. The molecule has 3 rings (SSSR count). The zero-order valence-corrected chi connectivity index (χ0v) is 26.1. The van der Waals surface area contributed by atoms with Crippen LogP contribution in [-0.2, 0) is 19.1 Å². The topological polar surface area (TPSA) is 220 Å². The van der Waals surface area contributed by atoms with Crippen molar-refractivity contribution in [3.63, 3.8) is 0 Å². The number of nitro groups is 1. The highest BCUT2D eigenvalue weighted by Gasteiger charge is 2.17. The van der Waals surface area contributed by atoms with Crippen LogP contribution in [0.3, 0.4) is 0 Å². The molecule has 1 amide bonds. The number of nitrogens with two attached hydrogens (primary N) is 1. The van der Waals surface area contributed by atoms with Gasteiger partial charge in [0.1, 0.15) is 18.0 Å². The molecule has 1 aromatic rings. The number of non-ortho nitro benzene ring substituents is 1. The largest absolute Gasteiger partial charge is 0.550 e. The van der Waals surface area contributed by atoms with Crippen molar-refractivity contribution in [2.24, 2.45) is 5.73 Å². The number of nitro benzene ring substituents is 1. The van der Waals surface area contributed by atoms with E-state index in [0.29, 0.717) is 25.9 Å². The minimum absolute atomic E-state index is 0.0191. The van der Waals surface area contributed by atoms with Gasteiger partial charge in [-0.2, -0.15) is 0 Å². The Balaban J connectivity index is 0.000000386. The van der Waals surface area contributed by atoms with E-state index in [-0.39, 0.29) is 36.5 Å². The fraction of sp³-hybridized carbons (Fsp3) is 0.562. The number of benzene rings is 1. The Kier molecular flexibility index (Phi) is 21.3. The second-order valence-corrected chi connectivity index (χ2v) is 10.5.